The predicted molar refractivity (Wildman–Crippen MR) is 122 cm³/mol. The largest absolute Gasteiger partial charge is 0.490 e. The number of piperidine rings is 1. The van der Waals surface area contributed by atoms with Gasteiger partial charge in [0, 0.05) is 44.5 Å². The highest BCUT2D eigenvalue weighted by molar-refractivity contribution is 5.48. The number of aryl methyl sites for hydroxylation is 1. The summed E-state index contributed by atoms with van der Waals surface area (Å²) in [6, 6.07) is 11.7. The van der Waals surface area contributed by atoms with Crippen LogP contribution in [0.15, 0.2) is 42.5 Å². The summed E-state index contributed by atoms with van der Waals surface area (Å²) in [5, 5.41) is 22.3. The Labute approximate surface area is 193 Å². The van der Waals surface area contributed by atoms with Gasteiger partial charge in [0.25, 0.3) is 0 Å². The van der Waals surface area contributed by atoms with Crippen LogP contribution in [0.1, 0.15) is 18.4 Å². The smallest absolute Gasteiger partial charge is 0.162 e. The van der Waals surface area contributed by atoms with E-state index >= 15 is 0 Å². The van der Waals surface area contributed by atoms with Crippen LogP contribution in [0.25, 0.3) is 0 Å². The second-order valence-corrected chi connectivity index (χ2v) is 9.40. The van der Waals surface area contributed by atoms with Gasteiger partial charge in [-0.1, -0.05) is 17.7 Å². The van der Waals surface area contributed by atoms with Crippen molar-refractivity contribution >= 4 is 5.69 Å². The van der Waals surface area contributed by atoms with Crippen LogP contribution in [0.4, 0.5) is 14.5 Å². The van der Waals surface area contributed by atoms with Gasteiger partial charge in [-0.15, -0.1) is 0 Å². The molecule has 2 N–H and O–H groups in total. The van der Waals surface area contributed by atoms with E-state index in [1.807, 2.05) is 4.90 Å². The molecule has 0 saturated carbocycles. The molecule has 0 radical (unpaired) electrons. The maximum atomic E-state index is 13.4. The summed E-state index contributed by atoms with van der Waals surface area (Å²) >= 11 is 0. The first-order valence-electron chi connectivity index (χ1n) is 11.4. The molecule has 0 amide bonds. The van der Waals surface area contributed by atoms with Crippen molar-refractivity contribution in [2.75, 3.05) is 57.4 Å². The first kappa shape index (κ1) is 23.9. The van der Waals surface area contributed by atoms with Crippen molar-refractivity contribution in [2.24, 2.45) is 0 Å². The molecular formula is C25H32F2N2O4. The summed E-state index contributed by atoms with van der Waals surface area (Å²) in [7, 11) is 0. The number of rotatable bonds is 6. The van der Waals surface area contributed by atoms with Crippen LogP contribution >= 0.6 is 0 Å². The molecule has 0 aliphatic carbocycles. The third kappa shape index (κ3) is 6.20. The Kier molecular flexibility index (Phi) is 7.19. The first-order chi connectivity index (χ1) is 15.7. The van der Waals surface area contributed by atoms with E-state index in [0.29, 0.717) is 32.5 Å². The van der Waals surface area contributed by atoms with Gasteiger partial charge in [-0.05, 0) is 44.0 Å². The van der Waals surface area contributed by atoms with Crippen LogP contribution < -0.4 is 9.64 Å². The van der Waals surface area contributed by atoms with E-state index in [9.17, 15) is 19.0 Å². The molecule has 0 spiro atoms. The number of halogens is 2. The number of ether oxygens (including phenoxy) is 2. The fraction of sp³-hybridized carbons (Fsp3) is 0.520. The van der Waals surface area contributed by atoms with Crippen molar-refractivity contribution in [3.63, 3.8) is 0 Å². The maximum absolute atomic E-state index is 13.4. The summed E-state index contributed by atoms with van der Waals surface area (Å²) < 4.78 is 37.7. The van der Waals surface area contributed by atoms with Crippen molar-refractivity contribution in [3.05, 3.63) is 59.7 Å². The fourth-order valence-corrected chi connectivity index (χ4v) is 4.51. The van der Waals surface area contributed by atoms with Gasteiger partial charge in [-0.3, -0.25) is 4.90 Å². The first-order valence-corrected chi connectivity index (χ1v) is 11.4. The zero-order valence-corrected chi connectivity index (χ0v) is 19.0. The van der Waals surface area contributed by atoms with Gasteiger partial charge in [-0.25, -0.2) is 8.78 Å². The zero-order chi connectivity index (χ0) is 23.5. The molecule has 2 aliphatic heterocycles. The highest BCUT2D eigenvalue weighted by atomic mass is 19.2. The quantitative estimate of drug-likeness (QED) is 0.689. The molecular weight excluding hydrogens is 430 g/mol. The lowest BCUT2D eigenvalue weighted by atomic mass is 9.90. The van der Waals surface area contributed by atoms with Crippen LogP contribution in [-0.2, 0) is 4.74 Å². The summed E-state index contributed by atoms with van der Waals surface area (Å²) in [5.74, 6) is -1.82. The Hall–Kier alpha value is -2.26. The second-order valence-electron chi connectivity index (χ2n) is 9.40. The topological polar surface area (TPSA) is 65.4 Å². The van der Waals surface area contributed by atoms with Crippen LogP contribution in [0.3, 0.4) is 0 Å². The van der Waals surface area contributed by atoms with Crippen LogP contribution in [-0.4, -0.2) is 78.9 Å². The third-order valence-electron chi connectivity index (χ3n) is 6.45. The summed E-state index contributed by atoms with van der Waals surface area (Å²) in [6.45, 7) is 5.19. The van der Waals surface area contributed by atoms with E-state index in [1.165, 1.54) is 11.6 Å². The standard InChI is InChI=1S/C25H32F2N2O4/c1-19-2-4-20(5-3-19)29-10-8-24(30,9-11-29)15-28-12-13-32-17-25(31,16-28)18-33-21-6-7-22(26)23(27)14-21/h2-7,14,30-31H,8-13,15-18H2,1H3. The molecule has 1 unspecified atom stereocenters. The summed E-state index contributed by atoms with van der Waals surface area (Å²) in [5.41, 5.74) is 0.194. The number of anilines is 1. The molecule has 6 nitrogen and oxygen atoms in total. The molecule has 2 aromatic rings. The Bertz CT molecular complexity index is 935. The minimum absolute atomic E-state index is 0.0623. The van der Waals surface area contributed by atoms with Crippen molar-refractivity contribution in [3.8, 4) is 5.75 Å². The molecule has 0 bridgehead atoms. The minimum atomic E-state index is -1.33. The van der Waals surface area contributed by atoms with Gasteiger partial charge in [0.2, 0.25) is 0 Å². The number of β-amino-alcohol motifs (C(OH)–C–C–N with tert-alkyl or cyclic N) is 2. The lowest BCUT2D eigenvalue weighted by molar-refractivity contribution is -0.0743. The van der Waals surface area contributed by atoms with E-state index < -0.39 is 22.8 Å². The van der Waals surface area contributed by atoms with Crippen molar-refractivity contribution in [2.45, 2.75) is 31.0 Å². The second kappa shape index (κ2) is 9.93. The number of hydrogen-bond acceptors (Lipinski definition) is 6. The summed E-state index contributed by atoms with van der Waals surface area (Å²) in [6.07, 6.45) is 1.25. The van der Waals surface area contributed by atoms with E-state index in [-0.39, 0.29) is 25.5 Å². The lowest BCUT2D eigenvalue weighted by Crippen LogP contribution is -2.55. The molecule has 1 atom stereocenters. The average Bonchev–Trinajstić information content (AvgIpc) is 2.97. The van der Waals surface area contributed by atoms with Gasteiger partial charge in [0.15, 0.2) is 11.6 Å². The molecule has 2 fully saturated rings. The summed E-state index contributed by atoms with van der Waals surface area (Å²) in [4.78, 5) is 4.29. The Morgan fingerprint density at radius 3 is 2.39 bits per heavy atom. The van der Waals surface area contributed by atoms with Gasteiger partial charge in [0.05, 0.1) is 18.8 Å². The molecule has 180 valence electrons. The number of aliphatic hydroxyl groups is 2. The maximum Gasteiger partial charge on any atom is 0.162 e. The monoisotopic (exact) mass is 462 g/mol. The fourth-order valence-electron chi connectivity index (χ4n) is 4.51. The zero-order valence-electron chi connectivity index (χ0n) is 19.0. The highest BCUT2D eigenvalue weighted by Gasteiger charge is 2.39. The Morgan fingerprint density at radius 1 is 0.970 bits per heavy atom. The number of benzene rings is 2. The van der Waals surface area contributed by atoms with E-state index in [2.05, 4.69) is 36.1 Å². The van der Waals surface area contributed by atoms with Crippen molar-refractivity contribution in [1.82, 2.24) is 4.90 Å². The Morgan fingerprint density at radius 2 is 1.70 bits per heavy atom. The van der Waals surface area contributed by atoms with Crippen molar-refractivity contribution < 1.29 is 28.5 Å². The van der Waals surface area contributed by atoms with E-state index in [1.54, 1.807) is 0 Å². The van der Waals surface area contributed by atoms with Crippen LogP contribution in [0, 0.1) is 18.6 Å². The van der Waals surface area contributed by atoms with Crippen molar-refractivity contribution in [1.29, 1.82) is 0 Å². The third-order valence-corrected chi connectivity index (χ3v) is 6.45. The number of hydrogen-bond donors (Lipinski definition) is 2. The van der Waals surface area contributed by atoms with Gasteiger partial charge in [-0.2, -0.15) is 0 Å². The van der Waals surface area contributed by atoms with E-state index in [4.69, 9.17) is 9.47 Å². The normalized spacial score (nSPS) is 23.8. The molecule has 33 heavy (non-hydrogen) atoms. The SMILES string of the molecule is Cc1ccc(N2CCC(O)(CN3CCOCC(O)(COc4ccc(F)c(F)c4)C3)CC2)cc1. The molecule has 4 rings (SSSR count). The number of nitrogens with zero attached hydrogens (tertiary/aromatic N) is 2. The van der Waals surface area contributed by atoms with Gasteiger partial charge >= 0.3 is 0 Å². The van der Waals surface area contributed by atoms with Crippen LogP contribution in [0.5, 0.6) is 5.75 Å². The van der Waals surface area contributed by atoms with Crippen LogP contribution in [0.2, 0.25) is 0 Å². The molecule has 2 aromatic carbocycles. The van der Waals surface area contributed by atoms with Gasteiger partial charge in [0.1, 0.15) is 18.0 Å². The highest BCUT2D eigenvalue weighted by Crippen LogP contribution is 2.28. The molecule has 2 heterocycles. The molecule has 8 heteroatoms. The lowest BCUT2D eigenvalue weighted by Gasteiger charge is -2.42. The van der Waals surface area contributed by atoms with E-state index in [0.717, 1.165) is 30.9 Å². The van der Waals surface area contributed by atoms with Gasteiger partial charge < -0.3 is 24.6 Å². The molecule has 2 aliphatic rings. The predicted octanol–water partition coefficient (Wildman–Crippen LogP) is 2.75. The minimum Gasteiger partial charge on any atom is -0.490 e. The average molecular weight is 463 g/mol. The molecule has 0 aromatic heterocycles. The molecule has 2 saturated heterocycles. The Balaban J connectivity index is 1.33.